The Kier molecular flexibility index (Phi) is 6.99. The molecule has 0 atom stereocenters. The van der Waals surface area contributed by atoms with Gasteiger partial charge in [-0.15, -0.1) is 0 Å². The lowest BCUT2D eigenvalue weighted by Crippen LogP contribution is -2.43. The van der Waals surface area contributed by atoms with Crippen molar-refractivity contribution in [3.05, 3.63) is 29.3 Å². The third-order valence-electron chi connectivity index (χ3n) is 3.05. The number of halogens is 1. The fourth-order valence-electron chi connectivity index (χ4n) is 1.89. The van der Waals surface area contributed by atoms with E-state index in [1.807, 2.05) is 0 Å². The number of sulfonamides is 1. The van der Waals surface area contributed by atoms with Gasteiger partial charge in [0.05, 0.1) is 11.4 Å². The van der Waals surface area contributed by atoms with Crippen LogP contribution in [0.5, 0.6) is 0 Å². The van der Waals surface area contributed by atoms with Crippen molar-refractivity contribution in [3.63, 3.8) is 0 Å². The minimum absolute atomic E-state index is 0.0116. The molecule has 0 aliphatic rings. The molecular formula is C14H19ClN2O5S. The fraction of sp³-hybridized carbons (Fsp3) is 0.429. The Morgan fingerprint density at radius 1 is 1.17 bits per heavy atom. The number of rotatable bonds is 8. The summed E-state index contributed by atoms with van der Waals surface area (Å²) in [4.78, 5) is 24.1. The maximum Gasteiger partial charge on any atom is 0.323 e. The Morgan fingerprint density at radius 3 is 2.22 bits per heavy atom. The van der Waals surface area contributed by atoms with Crippen molar-refractivity contribution in [1.82, 2.24) is 9.21 Å². The van der Waals surface area contributed by atoms with Crippen LogP contribution in [0, 0.1) is 0 Å². The maximum atomic E-state index is 12.4. The van der Waals surface area contributed by atoms with Gasteiger partial charge >= 0.3 is 5.97 Å². The first-order valence-corrected chi connectivity index (χ1v) is 8.71. The van der Waals surface area contributed by atoms with Crippen molar-refractivity contribution >= 4 is 33.5 Å². The smallest absolute Gasteiger partial charge is 0.323 e. The molecule has 1 amide bonds. The van der Waals surface area contributed by atoms with Gasteiger partial charge < -0.3 is 10.0 Å². The molecule has 0 aliphatic heterocycles. The van der Waals surface area contributed by atoms with Crippen LogP contribution < -0.4 is 0 Å². The zero-order chi connectivity index (χ0) is 17.6. The van der Waals surface area contributed by atoms with Crippen molar-refractivity contribution < 1.29 is 23.1 Å². The number of likely N-dealkylation sites (N-methyl/N-ethyl adjacent to an activating group) is 1. The lowest BCUT2D eigenvalue weighted by molar-refractivity contribution is -0.144. The molecule has 9 heteroatoms. The van der Waals surface area contributed by atoms with Crippen LogP contribution in [-0.4, -0.2) is 61.3 Å². The molecular weight excluding hydrogens is 344 g/mol. The molecule has 0 saturated heterocycles. The summed E-state index contributed by atoms with van der Waals surface area (Å²) in [7, 11) is -2.58. The number of carbonyl (C=O) groups is 2. The van der Waals surface area contributed by atoms with E-state index in [1.165, 1.54) is 31.3 Å². The average molecular weight is 363 g/mol. The van der Waals surface area contributed by atoms with Gasteiger partial charge in [0, 0.05) is 18.6 Å². The van der Waals surface area contributed by atoms with Gasteiger partial charge in [0.15, 0.2) is 0 Å². The SMILES string of the molecule is CCCN(CC(=O)O)C(=O)CN(C)S(=O)(=O)c1ccc(Cl)cc1. The summed E-state index contributed by atoms with van der Waals surface area (Å²) in [6, 6.07) is 5.58. The average Bonchev–Trinajstić information content (AvgIpc) is 2.46. The van der Waals surface area contributed by atoms with E-state index in [4.69, 9.17) is 16.7 Å². The summed E-state index contributed by atoms with van der Waals surface area (Å²) in [5, 5.41) is 9.22. The van der Waals surface area contributed by atoms with Gasteiger partial charge in [0.2, 0.25) is 15.9 Å². The monoisotopic (exact) mass is 362 g/mol. The first-order valence-electron chi connectivity index (χ1n) is 6.90. The van der Waals surface area contributed by atoms with Crippen LogP contribution in [0.25, 0.3) is 0 Å². The molecule has 0 fully saturated rings. The predicted molar refractivity (Wildman–Crippen MR) is 85.8 cm³/mol. The number of nitrogens with zero attached hydrogens (tertiary/aromatic N) is 2. The minimum Gasteiger partial charge on any atom is -0.480 e. The first-order chi connectivity index (χ1) is 10.7. The number of amides is 1. The zero-order valence-electron chi connectivity index (χ0n) is 12.9. The fourth-order valence-corrected chi connectivity index (χ4v) is 3.13. The third-order valence-corrected chi connectivity index (χ3v) is 5.12. The number of carboxylic acids is 1. The van der Waals surface area contributed by atoms with Gasteiger partial charge in [-0.3, -0.25) is 9.59 Å². The highest BCUT2D eigenvalue weighted by Crippen LogP contribution is 2.17. The zero-order valence-corrected chi connectivity index (χ0v) is 14.5. The number of carboxylic acid groups (broad SMARTS) is 1. The maximum absolute atomic E-state index is 12.4. The summed E-state index contributed by atoms with van der Waals surface area (Å²) in [6.07, 6.45) is 0.576. The molecule has 0 radical (unpaired) electrons. The van der Waals surface area contributed by atoms with Crippen molar-refractivity contribution in [2.24, 2.45) is 0 Å². The molecule has 0 aromatic heterocycles. The lowest BCUT2D eigenvalue weighted by atomic mass is 10.3. The lowest BCUT2D eigenvalue weighted by Gasteiger charge is -2.23. The molecule has 0 spiro atoms. The number of hydrogen-bond donors (Lipinski definition) is 1. The van der Waals surface area contributed by atoms with Crippen LogP contribution in [0.15, 0.2) is 29.2 Å². The Bertz CT molecular complexity index is 660. The van der Waals surface area contributed by atoms with E-state index in [2.05, 4.69) is 0 Å². The standard InChI is InChI=1S/C14H19ClN2O5S/c1-3-8-17(10-14(19)20)13(18)9-16(2)23(21,22)12-6-4-11(15)5-7-12/h4-7H,3,8-10H2,1-2H3,(H,19,20). The van der Waals surface area contributed by atoms with E-state index in [9.17, 15) is 18.0 Å². The quantitative estimate of drug-likeness (QED) is 0.751. The van der Waals surface area contributed by atoms with Crippen LogP contribution in [-0.2, 0) is 19.6 Å². The van der Waals surface area contributed by atoms with Crippen LogP contribution in [0.2, 0.25) is 5.02 Å². The number of hydrogen-bond acceptors (Lipinski definition) is 4. The molecule has 1 aromatic carbocycles. The van der Waals surface area contributed by atoms with E-state index in [0.29, 0.717) is 11.4 Å². The van der Waals surface area contributed by atoms with Crippen LogP contribution >= 0.6 is 11.6 Å². The highest BCUT2D eigenvalue weighted by atomic mass is 35.5. The van der Waals surface area contributed by atoms with E-state index in [-0.39, 0.29) is 11.4 Å². The van der Waals surface area contributed by atoms with E-state index < -0.39 is 35.0 Å². The molecule has 0 saturated carbocycles. The van der Waals surface area contributed by atoms with Gasteiger partial charge in [-0.25, -0.2) is 8.42 Å². The summed E-state index contributed by atoms with van der Waals surface area (Å²) in [5.41, 5.74) is 0. The minimum atomic E-state index is -3.85. The normalized spacial score (nSPS) is 11.5. The van der Waals surface area contributed by atoms with Crippen molar-refractivity contribution in [3.8, 4) is 0 Å². The van der Waals surface area contributed by atoms with E-state index in [1.54, 1.807) is 6.92 Å². The summed E-state index contributed by atoms with van der Waals surface area (Å²) < 4.78 is 25.6. The van der Waals surface area contributed by atoms with Gasteiger partial charge in [-0.2, -0.15) is 4.31 Å². The van der Waals surface area contributed by atoms with Gasteiger partial charge in [0.1, 0.15) is 6.54 Å². The summed E-state index contributed by atoms with van der Waals surface area (Å²) >= 11 is 5.73. The number of aliphatic carboxylic acids is 1. The second kappa shape index (κ2) is 8.28. The van der Waals surface area contributed by atoms with Gasteiger partial charge in [-0.05, 0) is 30.7 Å². The van der Waals surface area contributed by atoms with Crippen LogP contribution in [0.3, 0.4) is 0 Å². The highest BCUT2D eigenvalue weighted by Gasteiger charge is 2.25. The molecule has 23 heavy (non-hydrogen) atoms. The largest absolute Gasteiger partial charge is 0.480 e. The molecule has 7 nitrogen and oxygen atoms in total. The molecule has 1 aromatic rings. The molecule has 0 bridgehead atoms. The van der Waals surface area contributed by atoms with E-state index >= 15 is 0 Å². The topological polar surface area (TPSA) is 95.0 Å². The van der Waals surface area contributed by atoms with Gasteiger partial charge in [-0.1, -0.05) is 18.5 Å². The number of benzene rings is 1. The first kappa shape index (κ1) is 19.4. The predicted octanol–water partition coefficient (Wildman–Crippen LogP) is 1.28. The van der Waals surface area contributed by atoms with Crippen LogP contribution in [0.1, 0.15) is 13.3 Å². The van der Waals surface area contributed by atoms with Crippen molar-refractivity contribution in [2.75, 3.05) is 26.7 Å². The molecule has 1 N–H and O–H groups in total. The molecule has 128 valence electrons. The van der Waals surface area contributed by atoms with E-state index in [0.717, 1.165) is 9.21 Å². The molecule has 1 rings (SSSR count). The highest BCUT2D eigenvalue weighted by molar-refractivity contribution is 7.89. The summed E-state index contributed by atoms with van der Waals surface area (Å²) in [5.74, 6) is -1.70. The Hall–Kier alpha value is -1.64. The summed E-state index contributed by atoms with van der Waals surface area (Å²) in [6.45, 7) is 1.16. The Morgan fingerprint density at radius 2 is 1.74 bits per heavy atom. The number of carbonyl (C=O) groups excluding carboxylic acids is 1. The molecule has 0 aliphatic carbocycles. The second-order valence-corrected chi connectivity index (χ2v) is 7.41. The van der Waals surface area contributed by atoms with Gasteiger partial charge in [0.25, 0.3) is 0 Å². The Labute approximate surface area is 140 Å². The van der Waals surface area contributed by atoms with Crippen LogP contribution in [0.4, 0.5) is 0 Å². The second-order valence-electron chi connectivity index (χ2n) is 4.92. The Balaban J connectivity index is 2.87. The molecule has 0 heterocycles. The van der Waals surface area contributed by atoms with Crippen molar-refractivity contribution in [1.29, 1.82) is 0 Å². The molecule has 0 unspecified atom stereocenters. The van der Waals surface area contributed by atoms with Crippen molar-refractivity contribution in [2.45, 2.75) is 18.2 Å². The third kappa shape index (κ3) is 5.49.